The number of rotatable bonds is 7. The van der Waals surface area contributed by atoms with Crippen molar-refractivity contribution < 1.29 is 23.6 Å². The first-order valence-electron chi connectivity index (χ1n) is 12.2. The molecule has 3 heterocycles. The predicted molar refractivity (Wildman–Crippen MR) is 157 cm³/mol. The molecule has 1 aliphatic rings. The number of halogens is 2. The SMILES string of the molecule is CCOC(=O)C1=C(C)N=c2s/c(=C/c3ccc(-c4ccc(Cl)c([N+](=O)[O-])c4)o3)c(=O)n2[C@@H]1c1ccc(OC)c(Br)c1. The van der Waals surface area contributed by atoms with Crippen LogP contribution in [-0.4, -0.2) is 29.2 Å². The summed E-state index contributed by atoms with van der Waals surface area (Å²) >= 11 is 10.6. The number of methoxy groups -OCH3 is 1. The molecule has 0 fully saturated rings. The fraction of sp³-hybridized carbons (Fsp3) is 0.179. The van der Waals surface area contributed by atoms with E-state index in [4.69, 9.17) is 25.5 Å². The molecule has 0 saturated heterocycles. The molecule has 4 aromatic rings. The lowest BCUT2D eigenvalue weighted by Gasteiger charge is -2.25. The number of nitro groups is 1. The van der Waals surface area contributed by atoms with Crippen molar-refractivity contribution in [2.45, 2.75) is 19.9 Å². The van der Waals surface area contributed by atoms with Crippen LogP contribution in [0.5, 0.6) is 5.75 Å². The van der Waals surface area contributed by atoms with Gasteiger partial charge in [0.2, 0.25) is 0 Å². The Hall–Kier alpha value is -4.00. The minimum Gasteiger partial charge on any atom is -0.496 e. The second kappa shape index (κ2) is 11.5. The quantitative estimate of drug-likeness (QED) is 0.148. The molecule has 13 heteroatoms. The largest absolute Gasteiger partial charge is 0.496 e. The van der Waals surface area contributed by atoms with Crippen LogP contribution in [0.15, 0.2) is 78.5 Å². The molecule has 0 saturated carbocycles. The Balaban J connectivity index is 1.63. The molecule has 2 aromatic heterocycles. The number of furan rings is 1. The number of benzene rings is 2. The Morgan fingerprint density at radius 2 is 2.05 bits per heavy atom. The molecule has 1 atom stereocenters. The smallest absolute Gasteiger partial charge is 0.338 e. The van der Waals surface area contributed by atoms with Gasteiger partial charge in [0.05, 0.1) is 45.0 Å². The molecule has 0 unspecified atom stereocenters. The molecule has 210 valence electrons. The number of nitro benzene ring substituents is 1. The molecule has 0 radical (unpaired) electrons. The van der Waals surface area contributed by atoms with Crippen LogP contribution in [0.3, 0.4) is 0 Å². The number of hydrogen-bond acceptors (Lipinski definition) is 9. The van der Waals surface area contributed by atoms with Gasteiger partial charge in [0, 0.05) is 17.7 Å². The molecule has 0 spiro atoms. The summed E-state index contributed by atoms with van der Waals surface area (Å²) in [5.41, 5.74) is 1.20. The monoisotopic (exact) mass is 657 g/mol. The van der Waals surface area contributed by atoms with E-state index in [-0.39, 0.29) is 28.4 Å². The maximum Gasteiger partial charge on any atom is 0.338 e. The van der Waals surface area contributed by atoms with Crippen LogP contribution in [0.1, 0.15) is 31.2 Å². The van der Waals surface area contributed by atoms with E-state index in [1.165, 1.54) is 16.7 Å². The van der Waals surface area contributed by atoms with Gasteiger partial charge in [-0.25, -0.2) is 9.79 Å². The van der Waals surface area contributed by atoms with Gasteiger partial charge in [-0.2, -0.15) is 0 Å². The topological polar surface area (TPSA) is 126 Å². The maximum absolute atomic E-state index is 13.8. The number of nitrogens with zero attached hydrogens (tertiary/aromatic N) is 3. The van der Waals surface area contributed by atoms with Crippen molar-refractivity contribution in [2.75, 3.05) is 13.7 Å². The number of esters is 1. The molecule has 2 aromatic carbocycles. The lowest BCUT2D eigenvalue weighted by Crippen LogP contribution is -2.39. The average molecular weight is 659 g/mol. The lowest BCUT2D eigenvalue weighted by atomic mass is 9.96. The van der Waals surface area contributed by atoms with Crippen LogP contribution in [-0.2, 0) is 9.53 Å². The first kappa shape index (κ1) is 28.5. The van der Waals surface area contributed by atoms with E-state index in [2.05, 4.69) is 20.9 Å². The Bertz CT molecular complexity index is 1920. The summed E-state index contributed by atoms with van der Waals surface area (Å²) in [7, 11) is 1.55. The third-order valence-electron chi connectivity index (χ3n) is 6.34. The summed E-state index contributed by atoms with van der Waals surface area (Å²) in [5.74, 6) is 0.755. The molecule has 0 aliphatic carbocycles. The fourth-order valence-corrected chi connectivity index (χ4v) is 6.25. The highest BCUT2D eigenvalue weighted by molar-refractivity contribution is 9.10. The van der Waals surface area contributed by atoms with Gasteiger partial charge in [0.15, 0.2) is 4.80 Å². The lowest BCUT2D eigenvalue weighted by molar-refractivity contribution is -0.384. The average Bonchev–Trinajstić information content (AvgIpc) is 3.52. The summed E-state index contributed by atoms with van der Waals surface area (Å²) in [6, 6.07) is 12.2. The Morgan fingerprint density at radius 1 is 1.27 bits per heavy atom. The Labute approximate surface area is 250 Å². The van der Waals surface area contributed by atoms with Gasteiger partial charge in [-0.15, -0.1) is 0 Å². The van der Waals surface area contributed by atoms with E-state index in [0.717, 1.165) is 11.3 Å². The van der Waals surface area contributed by atoms with Gasteiger partial charge in [-0.05, 0) is 71.7 Å². The van der Waals surface area contributed by atoms with Gasteiger partial charge in [0.1, 0.15) is 22.3 Å². The van der Waals surface area contributed by atoms with E-state index < -0.39 is 16.9 Å². The number of allylic oxidation sites excluding steroid dienone is 1. The molecule has 1 aliphatic heterocycles. The van der Waals surface area contributed by atoms with Crippen LogP contribution in [0.25, 0.3) is 17.4 Å². The number of aromatic nitrogens is 1. The van der Waals surface area contributed by atoms with Gasteiger partial charge >= 0.3 is 5.97 Å². The number of carbonyl (C=O) groups is 1. The van der Waals surface area contributed by atoms with Crippen LogP contribution in [0.4, 0.5) is 5.69 Å². The van der Waals surface area contributed by atoms with Crippen molar-refractivity contribution in [1.29, 1.82) is 0 Å². The summed E-state index contributed by atoms with van der Waals surface area (Å²) in [6.07, 6.45) is 1.57. The van der Waals surface area contributed by atoms with Gasteiger partial charge in [0.25, 0.3) is 11.2 Å². The second-order valence-corrected chi connectivity index (χ2v) is 11.1. The van der Waals surface area contributed by atoms with Gasteiger partial charge in [-0.1, -0.05) is 29.0 Å². The number of hydrogen-bond donors (Lipinski definition) is 0. The Morgan fingerprint density at radius 3 is 2.73 bits per heavy atom. The van der Waals surface area contributed by atoms with Crippen molar-refractivity contribution >= 4 is 56.6 Å². The van der Waals surface area contributed by atoms with E-state index in [1.807, 2.05) is 0 Å². The molecule has 10 nitrogen and oxygen atoms in total. The van der Waals surface area contributed by atoms with E-state index >= 15 is 0 Å². The van der Waals surface area contributed by atoms with Crippen LogP contribution in [0.2, 0.25) is 5.02 Å². The van der Waals surface area contributed by atoms with Crippen molar-refractivity contribution in [3.05, 3.63) is 110 Å². The van der Waals surface area contributed by atoms with Gasteiger partial charge in [-0.3, -0.25) is 19.5 Å². The minimum absolute atomic E-state index is 0.0163. The van der Waals surface area contributed by atoms with Crippen LogP contribution < -0.4 is 19.6 Å². The first-order valence-corrected chi connectivity index (χ1v) is 14.2. The standard InChI is InChI=1S/C28H21BrClN3O7S/c1-4-39-27(35)24-14(2)31-28-32(25(24)16-6-9-22(38-3)18(29)11-16)26(34)23(41-28)13-17-7-10-21(40-17)15-5-8-19(30)20(12-15)33(36)37/h5-13,25H,4H2,1-3H3/b23-13+/t25-/m1/s1. The maximum atomic E-state index is 13.8. The van der Waals surface area contributed by atoms with Crippen molar-refractivity contribution in [1.82, 2.24) is 4.57 Å². The summed E-state index contributed by atoms with van der Waals surface area (Å²) in [5, 5.41) is 11.3. The summed E-state index contributed by atoms with van der Waals surface area (Å²) < 4.78 is 19.0. The highest BCUT2D eigenvalue weighted by Crippen LogP contribution is 2.35. The van der Waals surface area contributed by atoms with Crippen LogP contribution >= 0.6 is 38.9 Å². The van der Waals surface area contributed by atoms with E-state index in [9.17, 15) is 19.7 Å². The molecule has 41 heavy (non-hydrogen) atoms. The third-order valence-corrected chi connectivity index (χ3v) is 8.26. The third kappa shape index (κ3) is 5.37. The number of thiazole rings is 1. The van der Waals surface area contributed by atoms with Crippen molar-refractivity contribution in [2.24, 2.45) is 4.99 Å². The summed E-state index contributed by atoms with van der Waals surface area (Å²) in [6.45, 7) is 3.58. The Kier molecular flexibility index (Phi) is 7.98. The molecule has 0 bridgehead atoms. The first-order chi connectivity index (χ1) is 19.6. The molecular weight excluding hydrogens is 638 g/mol. The zero-order valence-corrected chi connectivity index (χ0v) is 25.0. The molecule has 0 N–H and O–H groups in total. The van der Waals surface area contributed by atoms with Crippen molar-refractivity contribution in [3.63, 3.8) is 0 Å². The predicted octanol–water partition coefficient (Wildman–Crippen LogP) is 5.39. The molecule has 5 rings (SSSR count). The molecular formula is C28H21BrClN3O7S. The zero-order valence-electron chi connectivity index (χ0n) is 21.8. The number of ether oxygens (including phenoxy) is 2. The fourth-order valence-electron chi connectivity index (χ4n) is 4.48. The zero-order chi connectivity index (χ0) is 29.4. The van der Waals surface area contributed by atoms with Gasteiger partial charge < -0.3 is 13.9 Å². The highest BCUT2D eigenvalue weighted by Gasteiger charge is 2.33. The molecule has 0 amide bonds. The minimum atomic E-state index is -0.795. The highest BCUT2D eigenvalue weighted by atomic mass is 79.9. The van der Waals surface area contributed by atoms with Crippen LogP contribution in [0, 0.1) is 10.1 Å². The number of fused-ring (bicyclic) bond motifs is 1. The van der Waals surface area contributed by atoms with E-state index in [1.54, 1.807) is 63.4 Å². The van der Waals surface area contributed by atoms with E-state index in [0.29, 0.717) is 47.9 Å². The second-order valence-electron chi connectivity index (χ2n) is 8.82. The normalized spacial score (nSPS) is 15.0. The van der Waals surface area contributed by atoms with Crippen molar-refractivity contribution in [3.8, 4) is 17.1 Å². The summed E-state index contributed by atoms with van der Waals surface area (Å²) in [4.78, 5) is 42.6. The number of carbonyl (C=O) groups excluding carboxylic acids is 1.